The number of allylic oxidation sites excluding steroid dienone is 2. The largest absolute Gasteiger partial charge is 0.393 e. The number of hydrogen-bond acceptors (Lipinski definition) is 1. The van der Waals surface area contributed by atoms with Crippen molar-refractivity contribution in [3.8, 4) is 0 Å². The van der Waals surface area contributed by atoms with Crippen LogP contribution in [0.25, 0.3) is 0 Å². The summed E-state index contributed by atoms with van der Waals surface area (Å²) in [6, 6.07) is 0. The third kappa shape index (κ3) is 3.66. The fraction of sp³-hybridized carbons (Fsp3) is 0.929. The van der Waals surface area contributed by atoms with Gasteiger partial charge < -0.3 is 5.11 Å². The van der Waals surface area contributed by atoms with E-state index < -0.39 is 0 Å². The van der Waals surface area contributed by atoms with Gasteiger partial charge in [-0.3, -0.25) is 0 Å². The van der Waals surface area contributed by atoms with E-state index in [-0.39, 0.29) is 6.10 Å². The van der Waals surface area contributed by atoms with Crippen LogP contribution >= 0.6 is 0 Å². The lowest BCUT2D eigenvalue weighted by molar-refractivity contribution is -0.0381. The van der Waals surface area contributed by atoms with Crippen LogP contribution in [0.3, 0.4) is 0 Å². The van der Waals surface area contributed by atoms with E-state index in [0.717, 1.165) is 48.3 Å². The Kier molecular flexibility index (Phi) is 6.04. The molecule has 4 aliphatic carbocycles. The molecule has 0 bridgehead atoms. The summed E-state index contributed by atoms with van der Waals surface area (Å²) in [6.07, 6.45) is 14.5. The highest BCUT2D eigenvalue weighted by molar-refractivity contribution is 5.34. The van der Waals surface area contributed by atoms with Gasteiger partial charge in [-0.1, -0.05) is 65.5 Å². The molecule has 0 aromatic carbocycles. The fourth-order valence-corrected chi connectivity index (χ4v) is 8.48. The van der Waals surface area contributed by atoms with Crippen molar-refractivity contribution in [2.24, 2.45) is 46.3 Å². The topological polar surface area (TPSA) is 20.2 Å². The first kappa shape index (κ1) is 21.9. The normalized spacial score (nSPS) is 44.3. The SMILES string of the molecule is CC(C)[C@@H](C)CC[C@@H](C)C1CCC2=C3CC[C@H]4CC(O)CCC4(C)C3CCC21C. The first-order valence-corrected chi connectivity index (χ1v) is 13.1. The Morgan fingerprint density at radius 3 is 2.41 bits per heavy atom. The highest BCUT2D eigenvalue weighted by Crippen LogP contribution is 2.65. The lowest BCUT2D eigenvalue weighted by Gasteiger charge is -2.56. The van der Waals surface area contributed by atoms with Gasteiger partial charge in [0.05, 0.1) is 6.10 Å². The van der Waals surface area contributed by atoms with E-state index >= 15 is 0 Å². The average molecular weight is 401 g/mol. The van der Waals surface area contributed by atoms with Gasteiger partial charge >= 0.3 is 0 Å². The minimum atomic E-state index is -0.0268. The Balaban J connectivity index is 1.53. The van der Waals surface area contributed by atoms with Crippen molar-refractivity contribution in [2.45, 2.75) is 118 Å². The molecule has 5 unspecified atom stereocenters. The second-order valence-electron chi connectivity index (χ2n) is 12.6. The van der Waals surface area contributed by atoms with E-state index in [4.69, 9.17) is 0 Å². The van der Waals surface area contributed by atoms with Crippen molar-refractivity contribution in [1.82, 2.24) is 0 Å². The zero-order chi connectivity index (χ0) is 21.0. The Hall–Kier alpha value is -0.300. The van der Waals surface area contributed by atoms with Gasteiger partial charge in [-0.05, 0) is 104 Å². The van der Waals surface area contributed by atoms with Crippen molar-refractivity contribution in [3.05, 3.63) is 11.1 Å². The number of aliphatic hydroxyl groups excluding tert-OH is 1. The molecule has 0 aliphatic heterocycles. The Labute approximate surface area is 181 Å². The van der Waals surface area contributed by atoms with Crippen LogP contribution in [0, 0.1) is 46.3 Å². The second-order valence-corrected chi connectivity index (χ2v) is 12.6. The highest BCUT2D eigenvalue weighted by Gasteiger charge is 2.55. The summed E-state index contributed by atoms with van der Waals surface area (Å²) >= 11 is 0. The predicted octanol–water partition coefficient (Wildman–Crippen LogP) is 7.78. The monoisotopic (exact) mass is 400 g/mol. The zero-order valence-corrected chi connectivity index (χ0v) is 20.3. The van der Waals surface area contributed by atoms with Crippen molar-refractivity contribution >= 4 is 0 Å². The molecule has 3 fully saturated rings. The maximum absolute atomic E-state index is 10.3. The van der Waals surface area contributed by atoms with Crippen molar-refractivity contribution in [3.63, 3.8) is 0 Å². The number of aliphatic hydroxyl groups is 1. The molecule has 0 saturated heterocycles. The van der Waals surface area contributed by atoms with E-state index in [1.165, 1.54) is 57.8 Å². The molecular weight excluding hydrogens is 352 g/mol. The number of fused-ring (bicyclic) bond motifs is 4. The molecular formula is C28H48O. The highest BCUT2D eigenvalue weighted by atomic mass is 16.3. The predicted molar refractivity (Wildman–Crippen MR) is 124 cm³/mol. The lowest BCUT2D eigenvalue weighted by atomic mass is 9.49. The summed E-state index contributed by atoms with van der Waals surface area (Å²) in [5.74, 6) is 5.04. The van der Waals surface area contributed by atoms with E-state index in [1.54, 1.807) is 0 Å². The molecule has 3 saturated carbocycles. The molecule has 0 aromatic heterocycles. The van der Waals surface area contributed by atoms with E-state index in [1.807, 2.05) is 11.1 Å². The van der Waals surface area contributed by atoms with Crippen molar-refractivity contribution in [1.29, 1.82) is 0 Å². The molecule has 4 aliphatic rings. The standard InChI is InChI=1S/C28H48O/c1-18(2)19(3)7-8-20(4)24-11-12-25-23-10-9-21-17-22(29)13-15-27(21,5)26(23)14-16-28(24,25)6/h18-22,24,26,29H,7-17H2,1-6H3/t19-,20+,21-,22?,24?,26?,27?,28?/m0/s1. The lowest BCUT2D eigenvalue weighted by Crippen LogP contribution is -2.48. The molecule has 1 nitrogen and oxygen atoms in total. The summed E-state index contributed by atoms with van der Waals surface area (Å²) in [5, 5.41) is 10.3. The van der Waals surface area contributed by atoms with Crippen LogP contribution in [-0.4, -0.2) is 11.2 Å². The Bertz CT molecular complexity index is 632. The maximum Gasteiger partial charge on any atom is 0.0543 e. The molecule has 166 valence electrons. The average Bonchev–Trinajstić information content (AvgIpc) is 3.03. The van der Waals surface area contributed by atoms with Gasteiger partial charge in [0.2, 0.25) is 0 Å². The molecule has 29 heavy (non-hydrogen) atoms. The Morgan fingerprint density at radius 2 is 1.69 bits per heavy atom. The van der Waals surface area contributed by atoms with Gasteiger partial charge in [-0.2, -0.15) is 0 Å². The van der Waals surface area contributed by atoms with Gasteiger partial charge in [0.15, 0.2) is 0 Å². The first-order chi connectivity index (χ1) is 13.7. The van der Waals surface area contributed by atoms with Crippen molar-refractivity contribution in [2.75, 3.05) is 0 Å². The van der Waals surface area contributed by atoms with E-state index in [2.05, 4.69) is 41.5 Å². The number of hydrogen-bond donors (Lipinski definition) is 1. The third-order valence-electron chi connectivity index (χ3n) is 10.9. The summed E-state index contributed by atoms with van der Waals surface area (Å²) in [6.45, 7) is 15.0. The summed E-state index contributed by atoms with van der Waals surface area (Å²) in [4.78, 5) is 0. The molecule has 8 atom stereocenters. The van der Waals surface area contributed by atoms with E-state index in [9.17, 15) is 5.11 Å². The summed E-state index contributed by atoms with van der Waals surface area (Å²) < 4.78 is 0. The summed E-state index contributed by atoms with van der Waals surface area (Å²) in [7, 11) is 0. The molecule has 0 heterocycles. The van der Waals surface area contributed by atoms with Crippen LogP contribution in [0.15, 0.2) is 11.1 Å². The van der Waals surface area contributed by atoms with Gasteiger partial charge in [0.1, 0.15) is 0 Å². The van der Waals surface area contributed by atoms with Gasteiger partial charge in [-0.25, -0.2) is 0 Å². The minimum absolute atomic E-state index is 0.0268. The van der Waals surface area contributed by atoms with Crippen LogP contribution in [0.4, 0.5) is 0 Å². The van der Waals surface area contributed by atoms with Crippen LogP contribution in [-0.2, 0) is 0 Å². The molecule has 1 heteroatoms. The van der Waals surface area contributed by atoms with Gasteiger partial charge in [-0.15, -0.1) is 0 Å². The van der Waals surface area contributed by atoms with Gasteiger partial charge in [0, 0.05) is 0 Å². The smallest absolute Gasteiger partial charge is 0.0543 e. The minimum Gasteiger partial charge on any atom is -0.393 e. The van der Waals surface area contributed by atoms with Crippen molar-refractivity contribution < 1.29 is 5.11 Å². The molecule has 1 N–H and O–H groups in total. The zero-order valence-electron chi connectivity index (χ0n) is 20.3. The second kappa shape index (κ2) is 7.99. The van der Waals surface area contributed by atoms with Crippen LogP contribution in [0.2, 0.25) is 0 Å². The molecule has 0 amide bonds. The van der Waals surface area contributed by atoms with Crippen LogP contribution in [0.1, 0.15) is 112 Å². The summed E-state index contributed by atoms with van der Waals surface area (Å²) in [5.41, 5.74) is 4.80. The maximum atomic E-state index is 10.3. The molecule has 0 radical (unpaired) electrons. The third-order valence-corrected chi connectivity index (χ3v) is 10.9. The molecule has 4 rings (SSSR count). The van der Waals surface area contributed by atoms with E-state index in [0.29, 0.717) is 10.8 Å². The van der Waals surface area contributed by atoms with Gasteiger partial charge in [0.25, 0.3) is 0 Å². The van der Waals surface area contributed by atoms with Crippen LogP contribution in [0.5, 0.6) is 0 Å². The first-order valence-electron chi connectivity index (χ1n) is 13.1. The molecule has 0 spiro atoms. The fourth-order valence-electron chi connectivity index (χ4n) is 8.48. The Morgan fingerprint density at radius 1 is 0.931 bits per heavy atom. The van der Waals surface area contributed by atoms with Crippen LogP contribution < -0.4 is 0 Å². The quantitative estimate of drug-likeness (QED) is 0.467. The molecule has 0 aromatic rings. The number of rotatable bonds is 5.